The van der Waals surface area contributed by atoms with E-state index in [-0.39, 0.29) is 36.0 Å². The average molecular weight is 679 g/mol. The van der Waals surface area contributed by atoms with Crippen molar-refractivity contribution in [2.75, 3.05) is 66.3 Å². The predicted octanol–water partition coefficient (Wildman–Crippen LogP) is 3.86. The third-order valence-corrected chi connectivity index (χ3v) is 8.54. The first-order valence-corrected chi connectivity index (χ1v) is 17.5. The minimum atomic E-state index is -1.03. The summed E-state index contributed by atoms with van der Waals surface area (Å²) >= 11 is 0. The maximum atomic E-state index is 13.3. The van der Waals surface area contributed by atoms with Crippen LogP contribution in [0.3, 0.4) is 0 Å². The van der Waals surface area contributed by atoms with Gasteiger partial charge in [0.2, 0.25) is 5.91 Å². The molecule has 1 aliphatic heterocycles. The number of morpholine rings is 1. The minimum absolute atomic E-state index is 0.0396. The normalized spacial score (nSPS) is 16.6. The predicted molar refractivity (Wildman–Crippen MR) is 186 cm³/mol. The van der Waals surface area contributed by atoms with Gasteiger partial charge < -0.3 is 40.0 Å². The molecule has 1 fully saturated rings. The number of alkyl carbamates (subject to hydrolysis) is 1. The Morgan fingerprint density at radius 2 is 1.67 bits per heavy atom. The second-order valence-corrected chi connectivity index (χ2v) is 14.3. The highest BCUT2D eigenvalue weighted by molar-refractivity contribution is 5.96. The number of carbonyl (C=O) groups is 3. The number of carbonyl (C=O) groups excluding carboxylic acids is 3. The second-order valence-electron chi connectivity index (χ2n) is 14.3. The summed E-state index contributed by atoms with van der Waals surface area (Å²) in [6.45, 7) is 18.9. The zero-order valence-electron chi connectivity index (χ0n) is 30.5. The number of amides is 3. The molecular formula is C36H62N4O8. The molecule has 12 nitrogen and oxygen atoms in total. The van der Waals surface area contributed by atoms with Crippen molar-refractivity contribution in [3.05, 3.63) is 29.8 Å². The van der Waals surface area contributed by atoms with Crippen LogP contribution in [0.25, 0.3) is 0 Å². The largest absolute Gasteiger partial charge is 0.493 e. The molecule has 12 heteroatoms. The molecule has 2 rings (SSSR count). The van der Waals surface area contributed by atoms with E-state index < -0.39 is 29.8 Å². The van der Waals surface area contributed by atoms with Gasteiger partial charge in [-0.3, -0.25) is 14.5 Å². The molecule has 0 aromatic heterocycles. The fourth-order valence-electron chi connectivity index (χ4n) is 5.57. The van der Waals surface area contributed by atoms with E-state index in [2.05, 4.69) is 20.9 Å². The summed E-state index contributed by atoms with van der Waals surface area (Å²) in [5.41, 5.74) is -0.300. The van der Waals surface area contributed by atoms with Crippen molar-refractivity contribution < 1.29 is 38.4 Å². The van der Waals surface area contributed by atoms with Gasteiger partial charge in [-0.2, -0.15) is 0 Å². The van der Waals surface area contributed by atoms with Crippen LogP contribution >= 0.6 is 0 Å². The Labute approximate surface area is 288 Å². The van der Waals surface area contributed by atoms with E-state index in [9.17, 15) is 19.5 Å². The van der Waals surface area contributed by atoms with Crippen LogP contribution in [-0.4, -0.2) is 112 Å². The number of aliphatic hydroxyl groups excluding tert-OH is 1. The first-order chi connectivity index (χ1) is 22.7. The Kier molecular flexibility index (Phi) is 18.2. The van der Waals surface area contributed by atoms with E-state index in [0.717, 1.165) is 19.6 Å². The molecular weight excluding hydrogens is 616 g/mol. The van der Waals surface area contributed by atoms with Gasteiger partial charge in [0.05, 0.1) is 37.5 Å². The maximum Gasteiger partial charge on any atom is 0.407 e. The van der Waals surface area contributed by atoms with Gasteiger partial charge in [0.25, 0.3) is 5.91 Å². The number of nitrogens with zero attached hydrogens (tertiary/aromatic N) is 1. The van der Waals surface area contributed by atoms with Gasteiger partial charge in [-0.25, -0.2) is 4.79 Å². The average Bonchev–Trinajstić information content (AvgIpc) is 3.02. The summed E-state index contributed by atoms with van der Waals surface area (Å²) < 4.78 is 21.9. The monoisotopic (exact) mass is 678 g/mol. The Bertz CT molecular complexity index is 1100. The standard InChI is InChI=1S/C36H62N4O8/c1-25(2)27(24-38-33(42)28-12-9-10-13-32(28)47-19-11-18-45-8)22-30(39-35(44)48-36(5,6)7)31(41)23-29(26(3)4)34(43)37-14-15-40-16-20-46-21-17-40/h9-10,12-13,25-27,29-31,41H,11,14-24H2,1-8H3,(H,37,43)(H,38,42)(H,39,44). The Morgan fingerprint density at radius 1 is 0.979 bits per heavy atom. The van der Waals surface area contributed by atoms with Crippen LogP contribution in [0, 0.1) is 23.7 Å². The van der Waals surface area contributed by atoms with Gasteiger partial charge in [0, 0.05) is 58.8 Å². The van der Waals surface area contributed by atoms with Gasteiger partial charge >= 0.3 is 6.09 Å². The van der Waals surface area contributed by atoms with Gasteiger partial charge in [-0.05, 0) is 63.5 Å². The van der Waals surface area contributed by atoms with Crippen LogP contribution < -0.4 is 20.7 Å². The van der Waals surface area contributed by atoms with E-state index in [4.69, 9.17) is 18.9 Å². The van der Waals surface area contributed by atoms with E-state index in [1.165, 1.54) is 0 Å². The van der Waals surface area contributed by atoms with Crippen LogP contribution in [0.5, 0.6) is 5.75 Å². The highest BCUT2D eigenvalue weighted by Crippen LogP contribution is 2.25. The lowest BCUT2D eigenvalue weighted by molar-refractivity contribution is -0.127. The lowest BCUT2D eigenvalue weighted by Gasteiger charge is -2.33. The van der Waals surface area contributed by atoms with Crippen molar-refractivity contribution in [1.82, 2.24) is 20.9 Å². The summed E-state index contributed by atoms with van der Waals surface area (Å²) in [5, 5.41) is 20.6. The lowest BCUT2D eigenvalue weighted by atomic mass is 9.82. The summed E-state index contributed by atoms with van der Waals surface area (Å²) in [5.74, 6) is -0.413. The molecule has 1 aromatic carbocycles. The summed E-state index contributed by atoms with van der Waals surface area (Å²) in [6, 6.07) is 6.38. The lowest BCUT2D eigenvalue weighted by Crippen LogP contribution is -2.49. The molecule has 0 spiro atoms. The van der Waals surface area contributed by atoms with E-state index in [1.54, 1.807) is 46.1 Å². The summed E-state index contributed by atoms with van der Waals surface area (Å²) in [4.78, 5) is 41.8. The molecule has 3 amide bonds. The molecule has 0 bridgehead atoms. The molecule has 4 atom stereocenters. The number of benzene rings is 1. The zero-order chi connectivity index (χ0) is 35.7. The Balaban J connectivity index is 2.13. The highest BCUT2D eigenvalue weighted by Gasteiger charge is 2.33. The van der Waals surface area contributed by atoms with Crippen molar-refractivity contribution in [2.24, 2.45) is 23.7 Å². The first kappa shape index (κ1) is 41.2. The van der Waals surface area contributed by atoms with E-state index >= 15 is 0 Å². The molecule has 1 aliphatic rings. The van der Waals surface area contributed by atoms with Gasteiger partial charge in [-0.15, -0.1) is 0 Å². The molecule has 0 saturated carbocycles. The third kappa shape index (κ3) is 15.5. The SMILES string of the molecule is COCCCOc1ccccc1C(=O)NCC(CC(NC(=O)OC(C)(C)C)C(O)CC(C(=O)NCCN1CCOCC1)C(C)C)C(C)C. The highest BCUT2D eigenvalue weighted by atomic mass is 16.6. The van der Waals surface area contributed by atoms with Crippen LogP contribution in [0.4, 0.5) is 4.79 Å². The number of hydrogen-bond donors (Lipinski definition) is 4. The number of ether oxygens (including phenoxy) is 4. The van der Waals surface area contributed by atoms with E-state index in [1.807, 2.05) is 33.8 Å². The number of nitrogens with one attached hydrogen (secondary N) is 3. The molecule has 0 radical (unpaired) electrons. The molecule has 4 unspecified atom stereocenters. The maximum absolute atomic E-state index is 13.3. The number of rotatable bonds is 20. The van der Waals surface area contributed by atoms with Crippen LogP contribution in [0.1, 0.15) is 78.1 Å². The molecule has 48 heavy (non-hydrogen) atoms. The Hall–Kier alpha value is -2.93. The van der Waals surface area contributed by atoms with Crippen LogP contribution in [0.2, 0.25) is 0 Å². The molecule has 1 aromatic rings. The van der Waals surface area contributed by atoms with Crippen molar-refractivity contribution >= 4 is 17.9 Å². The second kappa shape index (κ2) is 21.2. The number of para-hydroxylation sites is 1. The van der Waals surface area contributed by atoms with Crippen LogP contribution in [-0.2, 0) is 19.0 Å². The Morgan fingerprint density at radius 3 is 2.29 bits per heavy atom. The topological polar surface area (TPSA) is 148 Å². The fraction of sp³-hybridized carbons (Fsp3) is 0.750. The van der Waals surface area contributed by atoms with E-state index in [0.29, 0.717) is 63.7 Å². The molecule has 0 aliphatic carbocycles. The smallest absolute Gasteiger partial charge is 0.407 e. The fourth-order valence-corrected chi connectivity index (χ4v) is 5.57. The minimum Gasteiger partial charge on any atom is -0.493 e. The van der Waals surface area contributed by atoms with Crippen molar-refractivity contribution in [3.8, 4) is 5.75 Å². The zero-order valence-corrected chi connectivity index (χ0v) is 30.5. The molecule has 4 N–H and O–H groups in total. The van der Waals surface area contributed by atoms with Crippen molar-refractivity contribution in [1.29, 1.82) is 0 Å². The van der Waals surface area contributed by atoms with Crippen molar-refractivity contribution in [2.45, 2.75) is 85.5 Å². The molecule has 274 valence electrons. The number of hydrogen-bond acceptors (Lipinski definition) is 9. The van der Waals surface area contributed by atoms with Gasteiger partial charge in [0.1, 0.15) is 11.4 Å². The van der Waals surface area contributed by atoms with Crippen molar-refractivity contribution in [3.63, 3.8) is 0 Å². The van der Waals surface area contributed by atoms with Gasteiger partial charge in [0.15, 0.2) is 0 Å². The number of aliphatic hydroxyl groups is 1. The molecule has 1 heterocycles. The number of methoxy groups -OCH3 is 1. The third-order valence-electron chi connectivity index (χ3n) is 8.54. The summed E-state index contributed by atoms with van der Waals surface area (Å²) in [7, 11) is 1.63. The quantitative estimate of drug-likeness (QED) is 0.151. The molecule has 1 saturated heterocycles. The van der Waals surface area contributed by atoms with Gasteiger partial charge in [-0.1, -0.05) is 39.8 Å². The summed E-state index contributed by atoms with van der Waals surface area (Å²) in [6.07, 6.45) is -0.463. The first-order valence-electron chi connectivity index (χ1n) is 17.5. The van der Waals surface area contributed by atoms with Crippen LogP contribution in [0.15, 0.2) is 24.3 Å².